The minimum absolute atomic E-state index is 0. The predicted octanol–water partition coefficient (Wildman–Crippen LogP) is 3.29. The molecular weight excluding hydrogens is 445 g/mol. The van der Waals surface area contributed by atoms with Crippen LogP contribution in [0.2, 0.25) is 0 Å². The minimum Gasteiger partial charge on any atom is -0.488 e. The number of fused-ring (bicyclic) bond motifs is 1. The highest BCUT2D eigenvalue weighted by Gasteiger charge is 2.39. The molecule has 2 amide bonds. The number of amides is 2. The third kappa shape index (κ3) is 4.53. The van der Waals surface area contributed by atoms with Crippen molar-refractivity contribution in [2.75, 3.05) is 26.3 Å². The van der Waals surface area contributed by atoms with Gasteiger partial charge in [-0.05, 0) is 18.9 Å². The molecule has 0 aliphatic carbocycles. The van der Waals surface area contributed by atoms with Gasteiger partial charge in [0.05, 0.1) is 18.8 Å². The van der Waals surface area contributed by atoms with E-state index in [1.807, 2.05) is 5.38 Å². The van der Waals surface area contributed by atoms with Crippen LogP contribution in [-0.2, 0) is 29.2 Å². The number of halogens is 1. The Morgan fingerprint density at radius 1 is 1.30 bits per heavy atom. The van der Waals surface area contributed by atoms with Crippen LogP contribution in [0.25, 0.3) is 0 Å². The average molecular weight is 474 g/mol. The first-order valence-electron chi connectivity index (χ1n) is 11.1. The molecule has 1 aromatic carbocycles. The molecule has 0 unspecified atom stereocenters. The van der Waals surface area contributed by atoms with Gasteiger partial charge in [0.1, 0.15) is 24.2 Å². The maximum absolute atomic E-state index is 14.6. The van der Waals surface area contributed by atoms with Gasteiger partial charge in [0.2, 0.25) is 5.91 Å². The second-order valence-corrected chi connectivity index (χ2v) is 9.53. The molecule has 2 aromatic rings. The number of hydrogen-bond acceptors (Lipinski definition) is 6. The number of piperidine rings is 1. The second-order valence-electron chi connectivity index (χ2n) is 8.56. The molecule has 33 heavy (non-hydrogen) atoms. The quantitative estimate of drug-likeness (QED) is 0.697. The Bertz CT molecular complexity index is 1100. The summed E-state index contributed by atoms with van der Waals surface area (Å²) in [6.45, 7) is 7.93. The molecule has 0 radical (unpaired) electrons. The standard InChI is InChI=1S/C24H26FN3O4S.H2/c1-15-2-5-21(23(29)26-15)28-12-18-19(24(28)30)14-33-22(18)13-32-17-4-3-16(20(25)10-17)11-27-6-8-31-9-7-27;/h3-4,10,14,21H,1-2,5-9,11-13H2,(H,26,29);1H/t21-;/m0./s1. The smallest absolute Gasteiger partial charge is 0.256 e. The number of benzene rings is 1. The molecule has 5 rings (SSSR count). The van der Waals surface area contributed by atoms with Gasteiger partial charge in [-0.2, -0.15) is 0 Å². The topological polar surface area (TPSA) is 71.1 Å². The normalized spacial score (nSPS) is 21.3. The minimum atomic E-state index is -0.484. The average Bonchev–Trinajstić information content (AvgIpc) is 3.35. The summed E-state index contributed by atoms with van der Waals surface area (Å²) in [5.74, 6) is -0.147. The summed E-state index contributed by atoms with van der Waals surface area (Å²) in [5.41, 5.74) is 2.85. The lowest BCUT2D eigenvalue weighted by Gasteiger charge is -2.31. The van der Waals surface area contributed by atoms with Crippen LogP contribution in [-0.4, -0.2) is 54.0 Å². The number of ether oxygens (including phenoxy) is 2. The molecule has 3 aliphatic heterocycles. The molecule has 1 aromatic heterocycles. The first kappa shape index (κ1) is 22.1. The van der Waals surface area contributed by atoms with E-state index in [0.717, 1.165) is 23.5 Å². The lowest BCUT2D eigenvalue weighted by atomic mass is 10.0. The summed E-state index contributed by atoms with van der Waals surface area (Å²) in [6, 6.07) is 4.48. The zero-order valence-electron chi connectivity index (χ0n) is 18.3. The largest absolute Gasteiger partial charge is 0.488 e. The van der Waals surface area contributed by atoms with Crippen molar-refractivity contribution in [3.05, 3.63) is 63.2 Å². The number of carbonyl (C=O) groups excluding carboxylic acids is 2. The molecule has 3 aliphatic rings. The molecule has 2 fully saturated rings. The first-order valence-corrected chi connectivity index (χ1v) is 12.0. The van der Waals surface area contributed by atoms with E-state index in [9.17, 15) is 14.0 Å². The molecule has 4 heterocycles. The molecule has 1 N–H and O–H groups in total. The molecule has 0 bridgehead atoms. The molecule has 176 valence electrons. The van der Waals surface area contributed by atoms with Crippen LogP contribution in [0.4, 0.5) is 4.39 Å². The molecule has 1 atom stereocenters. The van der Waals surface area contributed by atoms with Crippen LogP contribution in [0.15, 0.2) is 35.9 Å². The number of allylic oxidation sites excluding steroid dienone is 1. The molecule has 0 saturated carbocycles. The lowest BCUT2D eigenvalue weighted by molar-refractivity contribution is -0.126. The summed E-state index contributed by atoms with van der Waals surface area (Å²) in [7, 11) is 0. The SMILES string of the molecule is C=C1CC[C@H](N2Cc3c(csc3COc3ccc(CN4CCOCC4)c(F)c3)C2=O)C(=O)N1.[HH]. The second kappa shape index (κ2) is 9.24. The van der Waals surface area contributed by atoms with E-state index in [1.165, 1.54) is 17.4 Å². The van der Waals surface area contributed by atoms with Crippen LogP contribution in [0, 0.1) is 5.82 Å². The third-order valence-electron chi connectivity index (χ3n) is 6.39. The first-order chi connectivity index (χ1) is 16.0. The van der Waals surface area contributed by atoms with Crippen LogP contribution in [0.5, 0.6) is 5.75 Å². The van der Waals surface area contributed by atoms with E-state index in [-0.39, 0.29) is 25.7 Å². The zero-order valence-corrected chi connectivity index (χ0v) is 19.1. The summed E-state index contributed by atoms with van der Waals surface area (Å²) in [4.78, 5) is 30.0. The van der Waals surface area contributed by atoms with E-state index in [1.54, 1.807) is 17.0 Å². The highest BCUT2D eigenvalue weighted by atomic mass is 32.1. The third-order valence-corrected chi connectivity index (χ3v) is 7.39. The van der Waals surface area contributed by atoms with E-state index in [2.05, 4.69) is 16.8 Å². The van der Waals surface area contributed by atoms with Crippen LogP contribution < -0.4 is 10.1 Å². The van der Waals surface area contributed by atoms with Gasteiger partial charge in [-0.3, -0.25) is 14.5 Å². The van der Waals surface area contributed by atoms with Crippen LogP contribution >= 0.6 is 11.3 Å². The van der Waals surface area contributed by atoms with Crippen molar-refractivity contribution in [1.29, 1.82) is 0 Å². The van der Waals surface area contributed by atoms with Crippen LogP contribution in [0.1, 0.15) is 40.6 Å². The highest BCUT2D eigenvalue weighted by Crippen LogP contribution is 2.35. The van der Waals surface area contributed by atoms with Gasteiger partial charge in [0, 0.05) is 60.8 Å². The Labute approximate surface area is 197 Å². The van der Waals surface area contributed by atoms with Crippen molar-refractivity contribution in [3.63, 3.8) is 0 Å². The maximum atomic E-state index is 14.6. The van der Waals surface area contributed by atoms with E-state index < -0.39 is 6.04 Å². The Hall–Kier alpha value is -2.75. The lowest BCUT2D eigenvalue weighted by Crippen LogP contribution is -2.49. The van der Waals surface area contributed by atoms with Crippen molar-refractivity contribution >= 4 is 23.2 Å². The predicted molar refractivity (Wildman–Crippen MR) is 123 cm³/mol. The Balaban J connectivity index is 0.00000274. The van der Waals surface area contributed by atoms with Crippen molar-refractivity contribution in [2.24, 2.45) is 0 Å². The van der Waals surface area contributed by atoms with Crippen molar-refractivity contribution < 1.29 is 24.9 Å². The van der Waals surface area contributed by atoms with Crippen molar-refractivity contribution in [3.8, 4) is 5.75 Å². The van der Waals surface area contributed by atoms with Crippen LogP contribution in [0.3, 0.4) is 0 Å². The van der Waals surface area contributed by atoms with Gasteiger partial charge >= 0.3 is 0 Å². The number of nitrogens with zero attached hydrogens (tertiary/aromatic N) is 2. The van der Waals surface area contributed by atoms with Gasteiger partial charge in [-0.15, -0.1) is 11.3 Å². The summed E-state index contributed by atoms with van der Waals surface area (Å²) in [5, 5.41) is 4.57. The fourth-order valence-corrected chi connectivity index (χ4v) is 5.45. The molecular formula is C24H28FN3O4S. The van der Waals surface area contributed by atoms with Crippen molar-refractivity contribution in [2.45, 2.75) is 38.6 Å². The number of rotatable bonds is 6. The summed E-state index contributed by atoms with van der Waals surface area (Å²) >= 11 is 1.46. The van der Waals surface area contributed by atoms with Gasteiger partial charge in [0.15, 0.2) is 0 Å². The summed E-state index contributed by atoms with van der Waals surface area (Å²) < 4.78 is 25.8. The van der Waals surface area contributed by atoms with Gasteiger partial charge < -0.3 is 19.7 Å². The van der Waals surface area contributed by atoms with E-state index >= 15 is 0 Å². The Morgan fingerprint density at radius 2 is 2.12 bits per heavy atom. The van der Waals surface area contributed by atoms with Gasteiger partial charge in [0.25, 0.3) is 5.91 Å². The Morgan fingerprint density at radius 3 is 2.88 bits per heavy atom. The van der Waals surface area contributed by atoms with Crippen molar-refractivity contribution in [1.82, 2.24) is 15.1 Å². The van der Waals surface area contributed by atoms with Gasteiger partial charge in [-0.25, -0.2) is 4.39 Å². The molecule has 2 saturated heterocycles. The number of hydrogen-bond donors (Lipinski definition) is 1. The summed E-state index contributed by atoms with van der Waals surface area (Å²) in [6.07, 6.45) is 1.24. The molecule has 0 spiro atoms. The fourth-order valence-electron chi connectivity index (χ4n) is 4.50. The zero-order chi connectivity index (χ0) is 22.9. The highest BCUT2D eigenvalue weighted by molar-refractivity contribution is 7.10. The molecule has 7 nitrogen and oxygen atoms in total. The fraction of sp³-hybridized carbons (Fsp3) is 0.417. The number of thiophene rings is 1. The Kier molecular flexibility index (Phi) is 6.18. The number of morpholine rings is 1. The van der Waals surface area contributed by atoms with E-state index in [0.29, 0.717) is 61.7 Å². The molecule has 9 heteroatoms. The number of carbonyl (C=O) groups is 2. The van der Waals surface area contributed by atoms with E-state index in [4.69, 9.17) is 9.47 Å². The maximum Gasteiger partial charge on any atom is 0.256 e. The monoisotopic (exact) mass is 473 g/mol. The number of nitrogens with one attached hydrogen (secondary N) is 1. The van der Waals surface area contributed by atoms with Gasteiger partial charge in [-0.1, -0.05) is 12.6 Å².